The third-order valence-electron chi connectivity index (χ3n) is 5.43. The number of carbonyl (C=O) groups excluding carboxylic acids is 1. The summed E-state index contributed by atoms with van der Waals surface area (Å²) in [7, 11) is 0. The van der Waals surface area contributed by atoms with Gasteiger partial charge in [-0.15, -0.1) is 0 Å². The van der Waals surface area contributed by atoms with Crippen LogP contribution in [-0.2, 0) is 0 Å². The molecule has 2 heterocycles. The van der Waals surface area contributed by atoms with Gasteiger partial charge in [0.25, 0.3) is 0 Å². The predicted molar refractivity (Wildman–Crippen MR) is 94.0 cm³/mol. The van der Waals surface area contributed by atoms with Gasteiger partial charge in [0.15, 0.2) is 0 Å². The molecule has 132 valence electrons. The van der Waals surface area contributed by atoms with Crippen molar-refractivity contribution < 1.29 is 9.90 Å². The molecule has 6 heteroatoms. The van der Waals surface area contributed by atoms with E-state index in [-0.39, 0.29) is 23.6 Å². The average molecular weight is 332 g/mol. The number of rotatable bonds is 4. The second-order valence-electron chi connectivity index (χ2n) is 7.36. The molecule has 3 N–H and O–H groups in total. The van der Waals surface area contributed by atoms with Gasteiger partial charge >= 0.3 is 6.03 Å². The van der Waals surface area contributed by atoms with Crippen molar-refractivity contribution in [3.63, 3.8) is 0 Å². The summed E-state index contributed by atoms with van der Waals surface area (Å²) in [5.41, 5.74) is -0.203. The summed E-state index contributed by atoms with van der Waals surface area (Å²) >= 11 is 0. The third-order valence-corrected chi connectivity index (χ3v) is 5.43. The van der Waals surface area contributed by atoms with Crippen molar-refractivity contribution in [1.82, 2.24) is 15.6 Å². The highest BCUT2D eigenvalue weighted by atomic mass is 16.3. The van der Waals surface area contributed by atoms with Gasteiger partial charge in [-0.3, -0.25) is 0 Å². The van der Waals surface area contributed by atoms with Gasteiger partial charge in [-0.25, -0.2) is 9.78 Å². The zero-order chi connectivity index (χ0) is 17.0. The van der Waals surface area contributed by atoms with Crippen molar-refractivity contribution in [2.75, 3.05) is 24.5 Å². The number of hydrogen-bond acceptors (Lipinski definition) is 4. The molecule has 2 amide bonds. The average Bonchev–Trinajstić information content (AvgIpc) is 3.05. The van der Waals surface area contributed by atoms with E-state index in [1.165, 1.54) is 0 Å². The Morgan fingerprint density at radius 1 is 1.42 bits per heavy atom. The molecule has 2 fully saturated rings. The second-order valence-corrected chi connectivity index (χ2v) is 7.36. The van der Waals surface area contributed by atoms with Gasteiger partial charge in [-0.2, -0.15) is 0 Å². The number of amides is 2. The lowest BCUT2D eigenvalue weighted by Crippen LogP contribution is -2.50. The summed E-state index contributed by atoms with van der Waals surface area (Å²) in [6, 6.07) is 5.88. The summed E-state index contributed by atoms with van der Waals surface area (Å²) < 4.78 is 0. The second kappa shape index (κ2) is 7.38. The molecule has 3 unspecified atom stereocenters. The summed E-state index contributed by atoms with van der Waals surface area (Å²) in [5.74, 6) is 0.958. The van der Waals surface area contributed by atoms with E-state index < -0.39 is 0 Å². The van der Waals surface area contributed by atoms with E-state index in [1.807, 2.05) is 18.2 Å². The number of urea groups is 1. The first-order valence-corrected chi connectivity index (χ1v) is 8.95. The monoisotopic (exact) mass is 332 g/mol. The normalized spacial score (nSPS) is 30.2. The van der Waals surface area contributed by atoms with E-state index in [2.05, 4.69) is 27.4 Å². The summed E-state index contributed by atoms with van der Waals surface area (Å²) in [4.78, 5) is 18.7. The van der Waals surface area contributed by atoms with Gasteiger partial charge in [0.2, 0.25) is 0 Å². The summed E-state index contributed by atoms with van der Waals surface area (Å²) in [6.07, 6.45) is 6.39. The molecular formula is C18H28N4O2. The highest BCUT2D eigenvalue weighted by Crippen LogP contribution is 2.35. The van der Waals surface area contributed by atoms with E-state index in [1.54, 1.807) is 6.20 Å². The molecule has 1 aromatic rings. The Morgan fingerprint density at radius 3 is 3.04 bits per heavy atom. The smallest absolute Gasteiger partial charge is 0.315 e. The quantitative estimate of drug-likeness (QED) is 0.787. The molecule has 1 aromatic heterocycles. The fraction of sp³-hybridized carbons (Fsp3) is 0.667. The number of hydrogen-bond donors (Lipinski definition) is 3. The van der Waals surface area contributed by atoms with Crippen LogP contribution in [0.25, 0.3) is 0 Å². The van der Waals surface area contributed by atoms with Crippen molar-refractivity contribution in [2.45, 2.75) is 51.2 Å². The minimum Gasteiger partial charge on any atom is -0.392 e. The molecular weight excluding hydrogens is 304 g/mol. The van der Waals surface area contributed by atoms with Gasteiger partial charge in [-0.05, 0) is 31.4 Å². The van der Waals surface area contributed by atoms with E-state index in [4.69, 9.17) is 0 Å². The van der Waals surface area contributed by atoms with Crippen molar-refractivity contribution in [3.05, 3.63) is 24.4 Å². The molecule has 2 aliphatic rings. The first-order chi connectivity index (χ1) is 11.6. The molecule has 24 heavy (non-hydrogen) atoms. The maximum atomic E-state index is 12.2. The Kier molecular flexibility index (Phi) is 5.23. The third kappa shape index (κ3) is 3.98. The van der Waals surface area contributed by atoms with Gasteiger partial charge in [-0.1, -0.05) is 25.8 Å². The standard InChI is InChI=1S/C18H28N4O2/c1-18(9-4-2-6-15(18)23)13-20-17(24)21-14-8-11-22(12-14)16-7-3-5-10-19-16/h3,5,7,10,14-15,23H,2,4,6,8-9,11-13H2,1H3,(H2,20,21,24). The molecule has 3 rings (SSSR count). The van der Waals surface area contributed by atoms with E-state index in [0.29, 0.717) is 6.54 Å². The highest BCUT2D eigenvalue weighted by Gasteiger charge is 2.35. The molecule has 0 radical (unpaired) electrons. The SMILES string of the molecule is CC1(CNC(=O)NC2CCN(c3ccccn3)C2)CCCCC1O. The molecule has 0 bridgehead atoms. The van der Waals surface area contributed by atoms with Crippen molar-refractivity contribution >= 4 is 11.8 Å². The van der Waals surface area contributed by atoms with Gasteiger partial charge < -0.3 is 20.6 Å². The van der Waals surface area contributed by atoms with Gasteiger partial charge in [0.05, 0.1) is 6.10 Å². The van der Waals surface area contributed by atoms with Crippen LogP contribution in [0.3, 0.4) is 0 Å². The summed E-state index contributed by atoms with van der Waals surface area (Å²) in [5, 5.41) is 16.2. The lowest BCUT2D eigenvalue weighted by Gasteiger charge is -2.38. The first kappa shape index (κ1) is 17.0. The number of carbonyl (C=O) groups is 1. The Labute approximate surface area is 143 Å². The number of aromatic nitrogens is 1. The minimum atomic E-state index is -0.322. The van der Waals surface area contributed by atoms with Crippen LogP contribution < -0.4 is 15.5 Å². The molecule has 0 spiro atoms. The van der Waals surface area contributed by atoms with E-state index >= 15 is 0 Å². The number of anilines is 1. The predicted octanol–water partition coefficient (Wildman–Crippen LogP) is 1.90. The molecule has 6 nitrogen and oxygen atoms in total. The zero-order valence-corrected chi connectivity index (χ0v) is 14.4. The fourth-order valence-electron chi connectivity index (χ4n) is 3.73. The molecule has 3 atom stereocenters. The van der Waals surface area contributed by atoms with Crippen LogP contribution in [-0.4, -0.2) is 47.9 Å². The van der Waals surface area contributed by atoms with Crippen molar-refractivity contribution in [1.29, 1.82) is 0 Å². The molecule has 1 saturated heterocycles. The van der Waals surface area contributed by atoms with E-state index in [0.717, 1.165) is 51.0 Å². The minimum absolute atomic E-state index is 0.135. The van der Waals surface area contributed by atoms with Crippen molar-refractivity contribution in [2.24, 2.45) is 5.41 Å². The highest BCUT2D eigenvalue weighted by molar-refractivity contribution is 5.74. The van der Waals surface area contributed by atoms with E-state index in [9.17, 15) is 9.90 Å². The Bertz CT molecular complexity index is 553. The Hall–Kier alpha value is -1.82. The summed E-state index contributed by atoms with van der Waals surface area (Å²) in [6.45, 7) is 4.27. The van der Waals surface area contributed by atoms with Crippen LogP contribution in [0.2, 0.25) is 0 Å². The number of nitrogens with one attached hydrogen (secondary N) is 2. The van der Waals surface area contributed by atoms with Crippen LogP contribution >= 0.6 is 0 Å². The largest absolute Gasteiger partial charge is 0.392 e. The molecule has 1 aliphatic carbocycles. The number of aliphatic hydroxyl groups is 1. The fourth-order valence-corrected chi connectivity index (χ4v) is 3.73. The molecule has 0 aromatic carbocycles. The van der Waals surface area contributed by atoms with Crippen LogP contribution in [0.4, 0.5) is 10.6 Å². The maximum absolute atomic E-state index is 12.2. The first-order valence-electron chi connectivity index (χ1n) is 8.95. The molecule has 1 aliphatic heterocycles. The molecule has 1 saturated carbocycles. The Morgan fingerprint density at radius 2 is 2.29 bits per heavy atom. The van der Waals surface area contributed by atoms with Crippen molar-refractivity contribution in [3.8, 4) is 0 Å². The number of nitrogens with zero attached hydrogens (tertiary/aromatic N) is 2. The Balaban J connectivity index is 1.44. The van der Waals surface area contributed by atoms with Gasteiger partial charge in [0.1, 0.15) is 5.82 Å². The van der Waals surface area contributed by atoms with Crippen LogP contribution in [0.15, 0.2) is 24.4 Å². The lowest BCUT2D eigenvalue weighted by atomic mass is 9.73. The maximum Gasteiger partial charge on any atom is 0.315 e. The lowest BCUT2D eigenvalue weighted by molar-refractivity contribution is 0.00306. The van der Waals surface area contributed by atoms with Crippen LogP contribution in [0, 0.1) is 5.41 Å². The number of pyridine rings is 1. The number of aliphatic hydroxyl groups excluding tert-OH is 1. The van der Waals surface area contributed by atoms with Crippen LogP contribution in [0.1, 0.15) is 39.0 Å². The van der Waals surface area contributed by atoms with Gasteiger partial charge in [0, 0.05) is 37.3 Å². The topological polar surface area (TPSA) is 77.5 Å². The van der Waals surface area contributed by atoms with Crippen LogP contribution in [0.5, 0.6) is 0 Å². The zero-order valence-electron chi connectivity index (χ0n) is 14.4.